The lowest BCUT2D eigenvalue weighted by atomic mass is 9.78. The first kappa shape index (κ1) is 25.8. The highest BCUT2D eigenvalue weighted by Crippen LogP contribution is 2.52. The van der Waals surface area contributed by atoms with Crippen molar-refractivity contribution in [1.29, 1.82) is 0 Å². The van der Waals surface area contributed by atoms with Gasteiger partial charge in [0, 0.05) is 16.9 Å². The first-order valence-corrected chi connectivity index (χ1v) is 12.4. The first-order valence-electron chi connectivity index (χ1n) is 12.0. The minimum atomic E-state index is -4.56. The molecule has 0 aliphatic carbocycles. The smallest absolute Gasteiger partial charge is 0.416 e. The molecule has 2 aliphatic heterocycles. The van der Waals surface area contributed by atoms with E-state index in [0.29, 0.717) is 22.7 Å². The molecule has 6 nitrogen and oxygen atoms in total. The average Bonchev–Trinajstić information content (AvgIpc) is 2.84. The van der Waals surface area contributed by atoms with E-state index < -0.39 is 29.4 Å². The molecule has 3 aromatic carbocycles. The summed E-state index contributed by atoms with van der Waals surface area (Å²) in [5.74, 6) is -0.454. The first-order chi connectivity index (χ1) is 17.9. The van der Waals surface area contributed by atoms with E-state index in [0.717, 1.165) is 23.3 Å². The molecule has 2 heterocycles. The van der Waals surface area contributed by atoms with Crippen LogP contribution in [0, 0.1) is 19.8 Å². The van der Waals surface area contributed by atoms with Gasteiger partial charge in [-0.05, 0) is 68.9 Å². The number of halogens is 3. The second-order valence-corrected chi connectivity index (χ2v) is 10.0. The summed E-state index contributed by atoms with van der Waals surface area (Å²) in [5, 5.41) is 6.35. The van der Waals surface area contributed by atoms with Gasteiger partial charge in [-0.1, -0.05) is 35.9 Å². The third-order valence-electron chi connectivity index (χ3n) is 7.06. The number of aryl methyl sites for hydroxylation is 2. The van der Waals surface area contributed by atoms with Crippen molar-refractivity contribution in [2.75, 3.05) is 17.3 Å². The molecule has 1 amide bonds. The average molecular weight is 542 g/mol. The molecule has 0 unspecified atom stereocenters. The molecule has 2 N–H and O–H groups in total. The Hall–Kier alpha value is -3.79. The normalized spacial score (nSPS) is 22.2. The van der Waals surface area contributed by atoms with Crippen molar-refractivity contribution in [1.82, 2.24) is 5.32 Å². The minimum Gasteiger partial charge on any atom is -0.493 e. The molecule has 0 radical (unpaired) electrons. The fraction of sp³-hybridized carbons (Fsp3) is 0.286. The van der Waals surface area contributed by atoms with Crippen LogP contribution in [0.15, 0.2) is 60.7 Å². The van der Waals surface area contributed by atoms with Gasteiger partial charge in [0.25, 0.3) is 0 Å². The number of benzene rings is 3. The van der Waals surface area contributed by atoms with E-state index in [9.17, 15) is 18.0 Å². The van der Waals surface area contributed by atoms with Gasteiger partial charge in [0.05, 0.1) is 18.7 Å². The zero-order valence-electron chi connectivity index (χ0n) is 21.1. The SMILES string of the molecule is COc1cccc2c1O[C@@]1(C)[C@@H](C(=O)Nc3ccc(C)cc3C)[C@H]2NC(=S)N1c1cccc(C(F)(F)F)c1. The molecule has 2 aliphatic rings. The van der Waals surface area contributed by atoms with E-state index in [1.54, 1.807) is 19.1 Å². The summed E-state index contributed by atoms with van der Waals surface area (Å²) < 4.78 is 52.9. The second-order valence-electron chi connectivity index (χ2n) is 9.63. The summed E-state index contributed by atoms with van der Waals surface area (Å²) >= 11 is 5.66. The highest BCUT2D eigenvalue weighted by molar-refractivity contribution is 7.80. The van der Waals surface area contributed by atoms with E-state index in [2.05, 4.69) is 10.6 Å². The van der Waals surface area contributed by atoms with Crippen molar-refractivity contribution in [2.45, 2.75) is 38.7 Å². The molecule has 3 atom stereocenters. The topological polar surface area (TPSA) is 62.8 Å². The number of ether oxygens (including phenoxy) is 2. The monoisotopic (exact) mass is 541 g/mol. The van der Waals surface area contributed by atoms with Crippen molar-refractivity contribution in [3.63, 3.8) is 0 Å². The van der Waals surface area contributed by atoms with Crippen LogP contribution in [0.5, 0.6) is 11.5 Å². The number of rotatable bonds is 4. The van der Waals surface area contributed by atoms with Crippen LogP contribution in [-0.2, 0) is 11.0 Å². The van der Waals surface area contributed by atoms with E-state index in [1.165, 1.54) is 24.1 Å². The zero-order valence-corrected chi connectivity index (χ0v) is 22.0. The third kappa shape index (κ3) is 4.22. The van der Waals surface area contributed by atoms with Gasteiger partial charge in [-0.2, -0.15) is 13.2 Å². The largest absolute Gasteiger partial charge is 0.493 e. The number of amides is 1. The van der Waals surface area contributed by atoms with Crippen LogP contribution in [-0.4, -0.2) is 23.9 Å². The number of carbonyl (C=O) groups is 1. The Labute approximate surface area is 223 Å². The maximum absolute atomic E-state index is 14.0. The summed E-state index contributed by atoms with van der Waals surface area (Å²) in [4.78, 5) is 15.4. The number of hydrogen-bond donors (Lipinski definition) is 2. The van der Waals surface area contributed by atoms with E-state index in [4.69, 9.17) is 21.7 Å². The van der Waals surface area contributed by atoms with Gasteiger partial charge >= 0.3 is 6.18 Å². The Morgan fingerprint density at radius 3 is 2.55 bits per heavy atom. The number of methoxy groups -OCH3 is 1. The molecule has 1 fully saturated rings. The predicted molar refractivity (Wildman–Crippen MR) is 142 cm³/mol. The Balaban J connectivity index is 1.66. The summed E-state index contributed by atoms with van der Waals surface area (Å²) in [7, 11) is 1.50. The lowest BCUT2D eigenvalue weighted by Crippen LogP contribution is -2.72. The van der Waals surface area contributed by atoms with Gasteiger partial charge < -0.3 is 20.1 Å². The molecule has 10 heteroatoms. The van der Waals surface area contributed by atoms with Crippen LogP contribution >= 0.6 is 12.2 Å². The molecular weight excluding hydrogens is 515 g/mol. The molecule has 0 spiro atoms. The molecule has 0 aromatic heterocycles. The van der Waals surface area contributed by atoms with Gasteiger partial charge in [0.2, 0.25) is 5.91 Å². The summed E-state index contributed by atoms with van der Waals surface area (Å²) in [6.45, 7) is 5.52. The number of alkyl halides is 3. The summed E-state index contributed by atoms with van der Waals surface area (Å²) in [6.07, 6.45) is -4.56. The maximum Gasteiger partial charge on any atom is 0.416 e. The van der Waals surface area contributed by atoms with Gasteiger partial charge in [0.1, 0.15) is 5.92 Å². The molecule has 198 valence electrons. The Kier molecular flexibility index (Phi) is 6.25. The number of nitrogens with zero attached hydrogens (tertiary/aromatic N) is 1. The van der Waals surface area contributed by atoms with E-state index in [1.807, 2.05) is 38.1 Å². The molecule has 1 saturated heterocycles. The number of hydrogen-bond acceptors (Lipinski definition) is 4. The van der Waals surface area contributed by atoms with Crippen LogP contribution in [0.2, 0.25) is 0 Å². The van der Waals surface area contributed by atoms with Gasteiger partial charge in [0.15, 0.2) is 22.3 Å². The van der Waals surface area contributed by atoms with Crippen LogP contribution in [0.25, 0.3) is 0 Å². The Bertz CT molecular complexity index is 1440. The number of para-hydroxylation sites is 1. The van der Waals surface area contributed by atoms with Crippen molar-refractivity contribution < 1.29 is 27.4 Å². The van der Waals surface area contributed by atoms with Gasteiger partial charge in [-0.25, -0.2) is 0 Å². The fourth-order valence-corrected chi connectivity index (χ4v) is 5.72. The second kappa shape index (κ2) is 9.20. The van der Waals surface area contributed by atoms with Crippen LogP contribution in [0.1, 0.15) is 35.2 Å². The standard InChI is InChI=1S/C28H26F3N3O3S/c1-15-11-12-20(16(2)13-15)32-25(35)22-23-19-9-6-10-21(36-4)24(19)37-27(22,3)34(26(38)33-23)18-8-5-7-17(14-18)28(29,30)31/h5-14,22-23H,1-4H3,(H,32,35)(H,33,38)/t22-,23+,27+/m1/s1. The predicted octanol–water partition coefficient (Wildman–Crippen LogP) is 6.13. The highest BCUT2D eigenvalue weighted by Gasteiger charge is 2.59. The van der Waals surface area contributed by atoms with Crippen molar-refractivity contribution in [3.8, 4) is 11.5 Å². The lowest BCUT2D eigenvalue weighted by molar-refractivity contribution is -0.137. The quantitative estimate of drug-likeness (QED) is 0.388. The van der Waals surface area contributed by atoms with Crippen molar-refractivity contribution in [2.24, 2.45) is 5.92 Å². The number of anilines is 2. The molecule has 0 saturated carbocycles. The molecular formula is C28H26F3N3O3S. The zero-order chi connectivity index (χ0) is 27.4. The van der Waals surface area contributed by atoms with Crippen molar-refractivity contribution >= 4 is 34.6 Å². The molecule has 3 aromatic rings. The van der Waals surface area contributed by atoms with Crippen molar-refractivity contribution in [3.05, 3.63) is 82.9 Å². The number of nitrogens with one attached hydrogen (secondary N) is 2. The minimum absolute atomic E-state index is 0.140. The van der Waals surface area contributed by atoms with E-state index in [-0.39, 0.29) is 16.7 Å². The lowest BCUT2D eigenvalue weighted by Gasteiger charge is -2.56. The van der Waals surface area contributed by atoms with Crippen LogP contribution < -0.4 is 25.0 Å². The summed E-state index contributed by atoms with van der Waals surface area (Å²) in [6, 6.07) is 15.2. The van der Waals surface area contributed by atoms with Gasteiger partial charge in [-0.15, -0.1) is 0 Å². The fourth-order valence-electron chi connectivity index (χ4n) is 5.31. The molecule has 38 heavy (non-hydrogen) atoms. The van der Waals surface area contributed by atoms with E-state index >= 15 is 0 Å². The highest BCUT2D eigenvalue weighted by atomic mass is 32.1. The van der Waals surface area contributed by atoms with Crippen LogP contribution in [0.3, 0.4) is 0 Å². The van der Waals surface area contributed by atoms with Gasteiger partial charge in [-0.3, -0.25) is 9.69 Å². The molecule has 5 rings (SSSR count). The summed E-state index contributed by atoms with van der Waals surface area (Å²) in [5.41, 5.74) is 1.02. The molecule has 2 bridgehead atoms. The Morgan fingerprint density at radius 2 is 1.87 bits per heavy atom. The van der Waals surface area contributed by atoms with Crippen LogP contribution in [0.4, 0.5) is 24.5 Å². The number of thiocarbonyl (C=S) groups is 1. The number of fused-ring (bicyclic) bond motifs is 4. The third-order valence-corrected chi connectivity index (χ3v) is 7.36. The maximum atomic E-state index is 14.0. The Morgan fingerprint density at radius 1 is 1.13 bits per heavy atom. The number of carbonyl (C=O) groups excluding carboxylic acids is 1.